The summed E-state index contributed by atoms with van der Waals surface area (Å²) < 4.78 is 11.6. The van der Waals surface area contributed by atoms with Gasteiger partial charge < -0.3 is 24.4 Å². The number of ketones is 1. The Labute approximate surface area is 223 Å². The molecular formula is C30H33N3O5. The van der Waals surface area contributed by atoms with Gasteiger partial charge in [0.2, 0.25) is 0 Å². The van der Waals surface area contributed by atoms with Gasteiger partial charge in [-0.3, -0.25) is 14.6 Å². The van der Waals surface area contributed by atoms with Gasteiger partial charge in [0.15, 0.2) is 11.5 Å². The van der Waals surface area contributed by atoms with Crippen LogP contribution in [0, 0.1) is 0 Å². The van der Waals surface area contributed by atoms with Crippen molar-refractivity contribution in [2.75, 3.05) is 33.3 Å². The SMILES string of the molecule is CCN(CC)CCN1C(=O)C(=O)C(=C(O)c2ccncc2)C1c1ccc(OCc2ccccc2)c(OC)c1. The molecule has 1 aliphatic heterocycles. The molecule has 8 nitrogen and oxygen atoms in total. The lowest BCUT2D eigenvalue weighted by Gasteiger charge is -2.28. The Morgan fingerprint density at radius 3 is 2.37 bits per heavy atom. The maximum atomic E-state index is 13.3. The van der Waals surface area contributed by atoms with Crippen molar-refractivity contribution in [1.29, 1.82) is 0 Å². The number of likely N-dealkylation sites (tertiary alicyclic amines) is 1. The average molecular weight is 516 g/mol. The summed E-state index contributed by atoms with van der Waals surface area (Å²) in [6.45, 7) is 7.04. The van der Waals surface area contributed by atoms with E-state index in [4.69, 9.17) is 9.47 Å². The second kappa shape index (κ2) is 12.4. The van der Waals surface area contributed by atoms with E-state index in [1.165, 1.54) is 17.3 Å². The molecule has 0 bridgehead atoms. The van der Waals surface area contributed by atoms with Crippen molar-refractivity contribution in [2.45, 2.75) is 26.5 Å². The van der Waals surface area contributed by atoms with Crippen molar-refractivity contribution < 1.29 is 24.2 Å². The van der Waals surface area contributed by atoms with Crippen LogP contribution in [0.25, 0.3) is 5.76 Å². The number of Topliss-reactive ketones (excluding diaryl/α,β-unsaturated/α-hetero) is 1. The zero-order valence-electron chi connectivity index (χ0n) is 22.0. The van der Waals surface area contributed by atoms with Crippen molar-refractivity contribution in [1.82, 2.24) is 14.8 Å². The van der Waals surface area contributed by atoms with Gasteiger partial charge in [0, 0.05) is 31.0 Å². The fourth-order valence-electron chi connectivity index (χ4n) is 4.62. The number of amides is 1. The van der Waals surface area contributed by atoms with Gasteiger partial charge in [-0.25, -0.2) is 0 Å². The molecular weight excluding hydrogens is 482 g/mol. The summed E-state index contributed by atoms with van der Waals surface area (Å²) in [6.07, 6.45) is 3.06. The molecule has 0 radical (unpaired) electrons. The Kier molecular flexibility index (Phi) is 8.76. The zero-order chi connectivity index (χ0) is 27.1. The number of hydrogen-bond donors (Lipinski definition) is 1. The average Bonchev–Trinajstić information content (AvgIpc) is 3.22. The normalized spacial score (nSPS) is 16.7. The first-order chi connectivity index (χ1) is 18.5. The highest BCUT2D eigenvalue weighted by atomic mass is 16.5. The summed E-state index contributed by atoms with van der Waals surface area (Å²) in [5.74, 6) is -0.580. The van der Waals surface area contributed by atoms with E-state index in [1.54, 1.807) is 31.4 Å². The molecule has 1 unspecified atom stereocenters. The first-order valence-corrected chi connectivity index (χ1v) is 12.7. The van der Waals surface area contributed by atoms with Gasteiger partial charge in [-0.2, -0.15) is 0 Å². The minimum Gasteiger partial charge on any atom is -0.507 e. The maximum absolute atomic E-state index is 13.3. The Balaban J connectivity index is 1.73. The number of rotatable bonds is 11. The molecule has 0 spiro atoms. The van der Waals surface area contributed by atoms with Crippen LogP contribution in [0.4, 0.5) is 0 Å². The Bertz CT molecular complexity index is 1290. The molecule has 1 N–H and O–H groups in total. The molecule has 8 heteroatoms. The molecule has 1 saturated heterocycles. The van der Waals surface area contributed by atoms with Crippen molar-refractivity contribution in [3.8, 4) is 11.5 Å². The first kappa shape index (κ1) is 26.9. The third-order valence-electron chi connectivity index (χ3n) is 6.79. The smallest absolute Gasteiger partial charge is 0.295 e. The molecule has 3 aromatic rings. The minimum absolute atomic E-state index is 0.0424. The Morgan fingerprint density at radius 2 is 1.71 bits per heavy atom. The van der Waals surface area contributed by atoms with Crippen molar-refractivity contribution in [3.63, 3.8) is 0 Å². The molecule has 1 aliphatic rings. The summed E-state index contributed by atoms with van der Waals surface area (Å²) in [5, 5.41) is 11.2. The van der Waals surface area contributed by atoms with Crippen LogP contribution in [0.3, 0.4) is 0 Å². The highest BCUT2D eigenvalue weighted by Gasteiger charge is 2.46. The van der Waals surface area contributed by atoms with Gasteiger partial charge in [-0.05, 0) is 48.5 Å². The minimum atomic E-state index is -0.782. The highest BCUT2D eigenvalue weighted by Crippen LogP contribution is 2.42. The highest BCUT2D eigenvalue weighted by molar-refractivity contribution is 6.46. The Morgan fingerprint density at radius 1 is 1.00 bits per heavy atom. The fourth-order valence-corrected chi connectivity index (χ4v) is 4.62. The number of nitrogens with zero attached hydrogens (tertiary/aromatic N) is 3. The molecule has 1 atom stereocenters. The predicted octanol–water partition coefficient (Wildman–Crippen LogP) is 4.43. The molecule has 2 heterocycles. The van der Waals surface area contributed by atoms with E-state index >= 15 is 0 Å². The van der Waals surface area contributed by atoms with E-state index in [1.807, 2.05) is 36.4 Å². The quantitative estimate of drug-likeness (QED) is 0.229. The number of carbonyl (C=O) groups is 2. The van der Waals surface area contributed by atoms with Crippen LogP contribution < -0.4 is 9.47 Å². The molecule has 2 aromatic carbocycles. The summed E-state index contributed by atoms with van der Waals surface area (Å²) >= 11 is 0. The first-order valence-electron chi connectivity index (χ1n) is 12.7. The van der Waals surface area contributed by atoms with Crippen LogP contribution in [0.2, 0.25) is 0 Å². The lowest BCUT2D eigenvalue weighted by Crippen LogP contribution is -2.38. The van der Waals surface area contributed by atoms with Crippen LogP contribution >= 0.6 is 0 Å². The number of benzene rings is 2. The number of pyridine rings is 1. The summed E-state index contributed by atoms with van der Waals surface area (Å²) in [6, 6.07) is 17.6. The predicted molar refractivity (Wildman–Crippen MR) is 145 cm³/mol. The second-order valence-corrected chi connectivity index (χ2v) is 8.94. The number of aliphatic hydroxyl groups excluding tert-OH is 1. The van der Waals surface area contributed by atoms with Crippen LogP contribution in [0.1, 0.15) is 36.6 Å². The van der Waals surface area contributed by atoms with Gasteiger partial charge in [0.1, 0.15) is 12.4 Å². The molecule has 38 heavy (non-hydrogen) atoms. The number of aliphatic hydroxyl groups is 1. The number of aromatic nitrogens is 1. The molecule has 1 amide bonds. The van der Waals surface area contributed by atoms with E-state index < -0.39 is 17.7 Å². The van der Waals surface area contributed by atoms with E-state index in [0.717, 1.165) is 18.7 Å². The number of carbonyl (C=O) groups excluding carboxylic acids is 2. The van der Waals surface area contributed by atoms with Crippen LogP contribution in [-0.4, -0.2) is 64.9 Å². The van der Waals surface area contributed by atoms with Crippen LogP contribution in [0.15, 0.2) is 78.6 Å². The molecule has 4 rings (SSSR count). The summed E-state index contributed by atoms with van der Waals surface area (Å²) in [5.41, 5.74) is 2.12. The van der Waals surface area contributed by atoms with Gasteiger partial charge in [-0.15, -0.1) is 0 Å². The third-order valence-corrected chi connectivity index (χ3v) is 6.79. The lowest BCUT2D eigenvalue weighted by molar-refractivity contribution is -0.140. The number of likely N-dealkylation sites (N-methyl/N-ethyl adjacent to an activating group) is 1. The van der Waals surface area contributed by atoms with Crippen LogP contribution in [-0.2, 0) is 16.2 Å². The lowest BCUT2D eigenvalue weighted by atomic mass is 9.95. The zero-order valence-corrected chi connectivity index (χ0v) is 22.0. The van der Waals surface area contributed by atoms with Gasteiger partial charge in [0.25, 0.3) is 11.7 Å². The standard InChI is InChI=1S/C30H33N3O5/c1-4-32(5-2)17-18-33-27(26(29(35)30(33)36)28(34)22-13-15-31-16-14-22)23-11-12-24(25(19-23)37-3)38-20-21-9-7-6-8-10-21/h6-16,19,27,34H,4-5,17-18,20H2,1-3H3. The van der Waals surface area contributed by atoms with E-state index in [-0.39, 0.29) is 11.3 Å². The fraction of sp³-hybridized carbons (Fsp3) is 0.300. The summed E-state index contributed by atoms with van der Waals surface area (Å²) in [7, 11) is 1.54. The third kappa shape index (κ3) is 5.70. The largest absolute Gasteiger partial charge is 0.507 e. The monoisotopic (exact) mass is 515 g/mol. The Hall–Kier alpha value is -4.17. The maximum Gasteiger partial charge on any atom is 0.295 e. The summed E-state index contributed by atoms with van der Waals surface area (Å²) in [4.78, 5) is 34.2. The number of hydrogen-bond acceptors (Lipinski definition) is 7. The van der Waals surface area contributed by atoms with Crippen LogP contribution in [0.5, 0.6) is 11.5 Å². The molecule has 0 aliphatic carbocycles. The van der Waals surface area contributed by atoms with Gasteiger partial charge in [-0.1, -0.05) is 50.2 Å². The molecule has 1 aromatic heterocycles. The van der Waals surface area contributed by atoms with Gasteiger partial charge >= 0.3 is 0 Å². The topological polar surface area (TPSA) is 92.2 Å². The molecule has 0 saturated carbocycles. The molecule has 1 fully saturated rings. The van der Waals surface area contributed by atoms with Gasteiger partial charge in [0.05, 0.1) is 18.7 Å². The van der Waals surface area contributed by atoms with E-state index in [0.29, 0.717) is 42.3 Å². The van der Waals surface area contributed by atoms with Crippen molar-refractivity contribution in [2.24, 2.45) is 0 Å². The second-order valence-electron chi connectivity index (χ2n) is 8.94. The van der Waals surface area contributed by atoms with Crippen molar-refractivity contribution >= 4 is 17.4 Å². The van der Waals surface area contributed by atoms with Crippen molar-refractivity contribution in [3.05, 3.63) is 95.3 Å². The van der Waals surface area contributed by atoms with E-state index in [9.17, 15) is 14.7 Å². The number of ether oxygens (including phenoxy) is 2. The molecule has 198 valence electrons. The van der Waals surface area contributed by atoms with E-state index in [2.05, 4.69) is 23.7 Å². The number of methoxy groups -OCH3 is 1.